The van der Waals surface area contributed by atoms with Crippen molar-refractivity contribution in [2.24, 2.45) is 5.92 Å². The molecule has 0 spiro atoms. The van der Waals surface area contributed by atoms with E-state index < -0.39 is 29.0 Å². The smallest absolute Gasteiger partial charge is 0.224 e. The molecule has 2 aromatic carbocycles. The summed E-state index contributed by atoms with van der Waals surface area (Å²) in [7, 11) is 0. The summed E-state index contributed by atoms with van der Waals surface area (Å²) in [5.74, 6) is -1.24. The molecule has 3 aromatic rings. The van der Waals surface area contributed by atoms with E-state index in [0.717, 1.165) is 5.56 Å². The normalized spacial score (nSPS) is 21.1. The van der Waals surface area contributed by atoms with Crippen molar-refractivity contribution in [3.05, 3.63) is 106 Å². The number of Topliss-reactive ketones (excluding diaryl/α,β-unsaturated/α-hetero) is 1. The number of carbonyl (C=O) groups excluding carboxylic acids is 1. The molecule has 0 fully saturated rings. The number of hydrogen-bond acceptors (Lipinski definition) is 5. The molecule has 2 atom stereocenters. The summed E-state index contributed by atoms with van der Waals surface area (Å²) in [6.07, 6.45) is 6.50. The van der Waals surface area contributed by atoms with Crippen LogP contribution >= 0.6 is 0 Å². The maximum atomic E-state index is 14.2. The zero-order valence-electron chi connectivity index (χ0n) is 17.9. The SMILES string of the molecule is O=C1c2c(O)c(=O)ccn2N2CC1CC/C=C/COc1cc(F)ccc1[C@H]2c1ccccc1. The second kappa shape index (κ2) is 8.58. The van der Waals surface area contributed by atoms with Gasteiger partial charge in [-0.2, -0.15) is 0 Å². The van der Waals surface area contributed by atoms with E-state index in [1.807, 2.05) is 47.5 Å². The summed E-state index contributed by atoms with van der Waals surface area (Å²) in [5, 5.41) is 12.5. The van der Waals surface area contributed by atoms with Gasteiger partial charge in [-0.15, -0.1) is 0 Å². The van der Waals surface area contributed by atoms with Gasteiger partial charge in [-0.25, -0.2) is 4.39 Å². The van der Waals surface area contributed by atoms with Crippen molar-refractivity contribution in [2.45, 2.75) is 18.9 Å². The molecular weight excluding hydrogens is 423 g/mol. The molecule has 2 aliphatic rings. The molecule has 0 radical (unpaired) electrons. The van der Waals surface area contributed by atoms with E-state index in [1.54, 1.807) is 10.7 Å². The Labute approximate surface area is 190 Å². The first-order valence-corrected chi connectivity index (χ1v) is 10.9. The van der Waals surface area contributed by atoms with Gasteiger partial charge in [0.2, 0.25) is 5.43 Å². The van der Waals surface area contributed by atoms with E-state index in [9.17, 15) is 19.1 Å². The van der Waals surface area contributed by atoms with E-state index in [4.69, 9.17) is 4.74 Å². The third-order valence-corrected chi connectivity index (χ3v) is 6.21. The summed E-state index contributed by atoms with van der Waals surface area (Å²) in [6, 6.07) is 14.9. The monoisotopic (exact) mass is 446 g/mol. The van der Waals surface area contributed by atoms with Gasteiger partial charge >= 0.3 is 0 Å². The molecule has 33 heavy (non-hydrogen) atoms. The highest BCUT2D eigenvalue weighted by Crippen LogP contribution is 2.38. The summed E-state index contributed by atoms with van der Waals surface area (Å²) >= 11 is 0. The number of halogens is 1. The number of aromatic nitrogens is 1. The van der Waals surface area contributed by atoms with Crippen LogP contribution in [0.2, 0.25) is 0 Å². The number of aromatic hydroxyl groups is 1. The number of pyridine rings is 1. The zero-order chi connectivity index (χ0) is 22.9. The number of ether oxygens (including phenoxy) is 1. The number of benzene rings is 2. The fraction of sp³-hybridized carbons (Fsp3) is 0.231. The highest BCUT2D eigenvalue weighted by Gasteiger charge is 2.38. The lowest BCUT2D eigenvalue weighted by Gasteiger charge is -2.42. The van der Waals surface area contributed by atoms with E-state index in [2.05, 4.69) is 0 Å². The molecule has 0 amide bonds. The molecule has 0 saturated carbocycles. The van der Waals surface area contributed by atoms with Crippen molar-refractivity contribution in [3.63, 3.8) is 0 Å². The Morgan fingerprint density at radius 3 is 2.67 bits per heavy atom. The minimum atomic E-state index is -0.599. The van der Waals surface area contributed by atoms with Gasteiger partial charge in [-0.1, -0.05) is 42.5 Å². The van der Waals surface area contributed by atoms with Gasteiger partial charge in [0.1, 0.15) is 18.2 Å². The molecule has 7 heteroatoms. The molecule has 1 unspecified atom stereocenters. The van der Waals surface area contributed by atoms with Crippen molar-refractivity contribution in [2.75, 3.05) is 18.2 Å². The van der Waals surface area contributed by atoms with Crippen LogP contribution in [0.4, 0.5) is 4.39 Å². The molecule has 1 N–H and O–H groups in total. The molecular formula is C26H23FN2O4. The minimum absolute atomic E-state index is 0.0229. The second-order valence-electron chi connectivity index (χ2n) is 8.26. The molecule has 168 valence electrons. The quantitative estimate of drug-likeness (QED) is 0.573. The van der Waals surface area contributed by atoms with Crippen molar-refractivity contribution < 1.29 is 19.0 Å². The third kappa shape index (κ3) is 3.80. The van der Waals surface area contributed by atoms with Gasteiger partial charge in [-0.3, -0.25) is 19.3 Å². The van der Waals surface area contributed by atoms with Crippen molar-refractivity contribution in [1.29, 1.82) is 0 Å². The molecule has 2 bridgehead atoms. The maximum Gasteiger partial charge on any atom is 0.224 e. The molecule has 6 nitrogen and oxygen atoms in total. The number of ketones is 1. The number of nitrogens with zero attached hydrogens (tertiary/aromatic N) is 2. The number of hydrogen-bond donors (Lipinski definition) is 1. The number of carbonyl (C=O) groups is 1. The van der Waals surface area contributed by atoms with Crippen LogP contribution in [0.15, 0.2) is 77.7 Å². The first-order valence-electron chi connectivity index (χ1n) is 10.9. The van der Waals surface area contributed by atoms with Gasteiger partial charge in [0, 0.05) is 36.4 Å². The Balaban J connectivity index is 1.79. The Morgan fingerprint density at radius 2 is 1.85 bits per heavy atom. The highest BCUT2D eigenvalue weighted by atomic mass is 19.1. The number of rotatable bonds is 1. The number of fused-ring (bicyclic) bond motifs is 5. The van der Waals surface area contributed by atoms with Crippen LogP contribution in [0.5, 0.6) is 11.5 Å². The van der Waals surface area contributed by atoms with Crippen LogP contribution in [0.3, 0.4) is 0 Å². The predicted molar refractivity (Wildman–Crippen MR) is 122 cm³/mol. The Kier molecular flexibility index (Phi) is 5.46. The van der Waals surface area contributed by atoms with E-state index in [-0.39, 0.29) is 18.1 Å². The van der Waals surface area contributed by atoms with Crippen molar-refractivity contribution in [1.82, 2.24) is 4.68 Å². The molecule has 0 saturated heterocycles. The van der Waals surface area contributed by atoms with E-state index >= 15 is 0 Å². The van der Waals surface area contributed by atoms with Crippen LogP contribution in [0, 0.1) is 11.7 Å². The van der Waals surface area contributed by atoms with Crippen LogP contribution < -0.4 is 15.2 Å². The summed E-state index contributed by atoms with van der Waals surface area (Å²) in [5.41, 5.74) is 0.996. The van der Waals surface area contributed by atoms with Crippen LogP contribution in [0.1, 0.15) is 40.5 Å². The lowest BCUT2D eigenvalue weighted by atomic mass is 9.90. The van der Waals surface area contributed by atoms with Gasteiger partial charge in [0.25, 0.3) is 0 Å². The average Bonchev–Trinajstić information content (AvgIpc) is 2.81. The number of allylic oxidation sites excluding steroid dienone is 1. The lowest BCUT2D eigenvalue weighted by molar-refractivity contribution is 0.0872. The van der Waals surface area contributed by atoms with Crippen LogP contribution in [0.25, 0.3) is 0 Å². The first kappa shape index (κ1) is 21.0. The van der Waals surface area contributed by atoms with Crippen molar-refractivity contribution in [3.8, 4) is 11.5 Å². The van der Waals surface area contributed by atoms with Gasteiger partial charge < -0.3 is 9.84 Å². The van der Waals surface area contributed by atoms with Gasteiger partial charge in [-0.05, 0) is 30.5 Å². The predicted octanol–water partition coefficient (Wildman–Crippen LogP) is 3.96. The largest absolute Gasteiger partial charge is 0.503 e. The van der Waals surface area contributed by atoms with Crippen LogP contribution in [-0.4, -0.2) is 28.7 Å². The van der Waals surface area contributed by atoms with Gasteiger partial charge in [0.15, 0.2) is 17.2 Å². The maximum absolute atomic E-state index is 14.2. The van der Waals surface area contributed by atoms with E-state index in [0.29, 0.717) is 30.7 Å². The zero-order valence-corrected chi connectivity index (χ0v) is 17.9. The molecule has 2 aliphatic heterocycles. The standard InChI is InChI=1S/C26H23FN2O4/c27-19-10-11-20-22(15-19)33-14-6-2-5-9-18-16-29(23(20)17-7-3-1-4-8-17)28-13-12-21(30)26(32)24(28)25(18)31/h1-4,6-8,10-13,15,18,23,32H,5,9,14,16H2/b6-2+/t18?,23-/m1/s1. The first-order chi connectivity index (χ1) is 16.0. The minimum Gasteiger partial charge on any atom is -0.503 e. The Hall–Kier alpha value is -3.87. The fourth-order valence-corrected chi connectivity index (χ4v) is 4.63. The molecule has 5 rings (SSSR count). The lowest BCUT2D eigenvalue weighted by Crippen LogP contribution is -2.50. The Bertz CT molecular complexity index is 1290. The second-order valence-corrected chi connectivity index (χ2v) is 8.26. The third-order valence-electron chi connectivity index (χ3n) is 6.21. The van der Waals surface area contributed by atoms with Crippen LogP contribution in [-0.2, 0) is 0 Å². The highest BCUT2D eigenvalue weighted by molar-refractivity contribution is 6.00. The average molecular weight is 446 g/mol. The summed E-state index contributed by atoms with van der Waals surface area (Å²) < 4.78 is 21.7. The van der Waals surface area contributed by atoms with Gasteiger partial charge in [0.05, 0.1) is 6.04 Å². The van der Waals surface area contributed by atoms with Crippen molar-refractivity contribution >= 4 is 5.78 Å². The van der Waals surface area contributed by atoms with E-state index in [1.165, 1.54) is 24.4 Å². The molecule has 0 aliphatic carbocycles. The summed E-state index contributed by atoms with van der Waals surface area (Å²) in [6.45, 7) is 0.638. The topological polar surface area (TPSA) is 71.8 Å². The molecule has 1 aromatic heterocycles. The Morgan fingerprint density at radius 1 is 1.03 bits per heavy atom. The molecule has 3 heterocycles. The summed E-state index contributed by atoms with van der Waals surface area (Å²) in [4.78, 5) is 25.5. The fourth-order valence-electron chi connectivity index (χ4n) is 4.63.